The standard InChI is InChI=1S/C20H23BF3NO5S/c1-18(2)19(3,4)30-21(29-18)16-12-15(31(26,27)25-5)10-11-17(16)28-14-8-6-13(7-9-14)20(22,23)24/h6-12,25H,1-5H3. The highest BCUT2D eigenvalue weighted by molar-refractivity contribution is 7.89. The van der Waals surface area contributed by atoms with E-state index in [-0.39, 0.29) is 16.4 Å². The molecule has 0 aromatic heterocycles. The number of nitrogens with one attached hydrogen (secondary N) is 1. The molecule has 1 aliphatic heterocycles. The monoisotopic (exact) mass is 457 g/mol. The van der Waals surface area contributed by atoms with Gasteiger partial charge >= 0.3 is 13.3 Å². The van der Waals surface area contributed by atoms with Gasteiger partial charge in [0.05, 0.1) is 21.7 Å². The maximum absolute atomic E-state index is 12.8. The fourth-order valence-corrected chi connectivity index (χ4v) is 3.66. The first-order valence-corrected chi connectivity index (χ1v) is 10.9. The highest BCUT2D eigenvalue weighted by Gasteiger charge is 2.52. The van der Waals surface area contributed by atoms with E-state index in [9.17, 15) is 21.6 Å². The summed E-state index contributed by atoms with van der Waals surface area (Å²) >= 11 is 0. The van der Waals surface area contributed by atoms with Gasteiger partial charge in [0.1, 0.15) is 11.5 Å². The van der Waals surface area contributed by atoms with Crippen molar-refractivity contribution in [3.63, 3.8) is 0 Å². The summed E-state index contributed by atoms with van der Waals surface area (Å²) in [7, 11) is -3.42. The first-order valence-electron chi connectivity index (χ1n) is 9.44. The van der Waals surface area contributed by atoms with Crippen molar-refractivity contribution in [2.24, 2.45) is 0 Å². The van der Waals surface area contributed by atoms with Crippen LogP contribution in [0, 0.1) is 0 Å². The molecule has 31 heavy (non-hydrogen) atoms. The third kappa shape index (κ3) is 4.74. The van der Waals surface area contributed by atoms with E-state index in [0.29, 0.717) is 5.46 Å². The van der Waals surface area contributed by atoms with Gasteiger partial charge in [0.15, 0.2) is 0 Å². The lowest BCUT2D eigenvalue weighted by atomic mass is 9.78. The molecule has 0 radical (unpaired) electrons. The first-order chi connectivity index (χ1) is 14.2. The molecular weight excluding hydrogens is 434 g/mol. The number of halogens is 3. The Morgan fingerprint density at radius 3 is 2.00 bits per heavy atom. The van der Waals surface area contributed by atoms with E-state index in [4.69, 9.17) is 14.0 Å². The zero-order valence-corrected chi connectivity index (χ0v) is 18.5. The highest BCUT2D eigenvalue weighted by atomic mass is 32.2. The topological polar surface area (TPSA) is 73.9 Å². The Hall–Kier alpha value is -2.08. The molecule has 1 aliphatic rings. The van der Waals surface area contributed by atoms with Crippen molar-refractivity contribution < 1.29 is 35.6 Å². The fraction of sp³-hybridized carbons (Fsp3) is 0.400. The minimum absolute atomic E-state index is 0.0283. The molecule has 6 nitrogen and oxygen atoms in total. The summed E-state index contributed by atoms with van der Waals surface area (Å²) in [6, 6.07) is 8.31. The molecule has 0 bridgehead atoms. The summed E-state index contributed by atoms with van der Waals surface area (Å²) in [6.07, 6.45) is -4.46. The van der Waals surface area contributed by atoms with E-state index in [1.807, 2.05) is 27.7 Å². The lowest BCUT2D eigenvalue weighted by molar-refractivity contribution is -0.137. The minimum atomic E-state index is -4.46. The summed E-state index contributed by atoms with van der Waals surface area (Å²) in [5.74, 6) is 0.350. The lowest BCUT2D eigenvalue weighted by Crippen LogP contribution is -2.41. The van der Waals surface area contributed by atoms with Gasteiger partial charge < -0.3 is 14.0 Å². The Kier molecular flexibility index (Phi) is 5.94. The van der Waals surface area contributed by atoms with Crippen molar-refractivity contribution in [1.82, 2.24) is 4.72 Å². The molecule has 0 aliphatic carbocycles. The molecule has 0 unspecified atom stereocenters. The van der Waals surface area contributed by atoms with Gasteiger partial charge in [-0.2, -0.15) is 13.2 Å². The van der Waals surface area contributed by atoms with Crippen molar-refractivity contribution in [1.29, 1.82) is 0 Å². The van der Waals surface area contributed by atoms with Crippen LogP contribution in [0.5, 0.6) is 11.5 Å². The van der Waals surface area contributed by atoms with Crippen LogP contribution in [-0.2, 0) is 25.5 Å². The average Bonchev–Trinajstić information content (AvgIpc) is 2.89. The summed E-state index contributed by atoms with van der Waals surface area (Å²) in [5, 5.41) is 0. The SMILES string of the molecule is CNS(=O)(=O)c1ccc(Oc2ccc(C(F)(F)F)cc2)c(B2OC(C)(C)C(C)(C)O2)c1. The summed E-state index contributed by atoms with van der Waals surface area (Å²) in [6.45, 7) is 7.38. The van der Waals surface area contributed by atoms with E-state index in [1.54, 1.807) is 0 Å². The van der Waals surface area contributed by atoms with Gasteiger partial charge in [0.2, 0.25) is 10.0 Å². The molecule has 168 valence electrons. The van der Waals surface area contributed by atoms with Crippen molar-refractivity contribution >= 4 is 22.6 Å². The van der Waals surface area contributed by atoms with Gasteiger partial charge in [-0.1, -0.05) is 0 Å². The van der Waals surface area contributed by atoms with Crippen LogP contribution in [0.1, 0.15) is 33.3 Å². The van der Waals surface area contributed by atoms with Gasteiger partial charge in [-0.15, -0.1) is 0 Å². The van der Waals surface area contributed by atoms with E-state index >= 15 is 0 Å². The first kappa shape index (κ1) is 23.6. The van der Waals surface area contributed by atoms with Gasteiger partial charge in [-0.05, 0) is 77.2 Å². The van der Waals surface area contributed by atoms with Crippen LogP contribution in [0.25, 0.3) is 0 Å². The summed E-state index contributed by atoms with van der Waals surface area (Å²) in [5.41, 5.74) is -1.89. The Balaban J connectivity index is 2.02. The van der Waals surface area contributed by atoms with Crippen LogP contribution in [0.3, 0.4) is 0 Å². The molecule has 0 saturated carbocycles. The van der Waals surface area contributed by atoms with Crippen LogP contribution in [0.4, 0.5) is 13.2 Å². The zero-order valence-electron chi connectivity index (χ0n) is 17.7. The molecular formula is C20H23BF3NO5S. The van der Waals surface area contributed by atoms with E-state index < -0.39 is 40.1 Å². The Labute approximate surface area is 179 Å². The molecule has 3 rings (SSSR count). The van der Waals surface area contributed by atoms with Gasteiger partial charge in [-0.25, -0.2) is 13.1 Å². The summed E-state index contributed by atoms with van der Waals surface area (Å²) in [4.78, 5) is -0.0283. The number of rotatable bonds is 5. The van der Waals surface area contributed by atoms with E-state index in [1.165, 1.54) is 37.4 Å². The number of ether oxygens (including phenoxy) is 1. The highest BCUT2D eigenvalue weighted by Crippen LogP contribution is 2.38. The zero-order chi connectivity index (χ0) is 23.2. The van der Waals surface area contributed by atoms with Crippen LogP contribution in [0.15, 0.2) is 47.4 Å². The van der Waals surface area contributed by atoms with Crippen molar-refractivity contribution in [3.8, 4) is 11.5 Å². The molecule has 1 saturated heterocycles. The molecule has 0 amide bonds. The Morgan fingerprint density at radius 2 is 1.52 bits per heavy atom. The number of benzene rings is 2. The number of sulfonamides is 1. The van der Waals surface area contributed by atoms with Crippen LogP contribution in [-0.4, -0.2) is 33.8 Å². The fourth-order valence-electron chi connectivity index (χ4n) is 2.90. The molecule has 0 spiro atoms. The largest absolute Gasteiger partial charge is 0.498 e. The van der Waals surface area contributed by atoms with E-state index in [0.717, 1.165) is 12.1 Å². The number of alkyl halides is 3. The molecule has 2 aromatic rings. The van der Waals surface area contributed by atoms with Gasteiger partial charge in [-0.3, -0.25) is 0 Å². The molecule has 2 aromatic carbocycles. The maximum Gasteiger partial charge on any atom is 0.498 e. The molecule has 11 heteroatoms. The van der Waals surface area contributed by atoms with Gasteiger partial charge in [0.25, 0.3) is 0 Å². The maximum atomic E-state index is 12.8. The quantitative estimate of drug-likeness (QED) is 0.694. The predicted octanol–water partition coefficient (Wildman–Crippen LogP) is 3.71. The molecule has 1 N–H and O–H groups in total. The Morgan fingerprint density at radius 1 is 0.968 bits per heavy atom. The van der Waals surface area contributed by atoms with Crippen molar-refractivity contribution in [2.75, 3.05) is 7.05 Å². The number of hydrogen-bond donors (Lipinski definition) is 1. The van der Waals surface area contributed by atoms with Crippen LogP contribution in [0.2, 0.25) is 0 Å². The smallest absolute Gasteiger partial charge is 0.458 e. The van der Waals surface area contributed by atoms with Gasteiger partial charge in [0, 0.05) is 5.46 Å². The summed E-state index contributed by atoms with van der Waals surface area (Å²) < 4.78 is 83.1. The third-order valence-electron chi connectivity index (χ3n) is 5.48. The molecule has 1 heterocycles. The second-order valence-electron chi connectivity index (χ2n) is 8.12. The number of hydrogen-bond acceptors (Lipinski definition) is 5. The predicted molar refractivity (Wildman–Crippen MR) is 110 cm³/mol. The minimum Gasteiger partial charge on any atom is -0.458 e. The van der Waals surface area contributed by atoms with Crippen molar-refractivity contribution in [3.05, 3.63) is 48.0 Å². The van der Waals surface area contributed by atoms with Crippen LogP contribution >= 0.6 is 0 Å². The lowest BCUT2D eigenvalue weighted by Gasteiger charge is -2.32. The van der Waals surface area contributed by atoms with E-state index in [2.05, 4.69) is 4.72 Å². The van der Waals surface area contributed by atoms with Crippen molar-refractivity contribution in [2.45, 2.75) is 50.0 Å². The third-order valence-corrected chi connectivity index (χ3v) is 6.89. The second kappa shape index (κ2) is 7.81. The second-order valence-corrected chi connectivity index (χ2v) is 10.0. The molecule has 1 fully saturated rings. The Bertz CT molecular complexity index is 1050. The molecule has 0 atom stereocenters. The average molecular weight is 457 g/mol. The normalized spacial score (nSPS) is 18.3. The van der Waals surface area contributed by atoms with Crippen LogP contribution < -0.4 is 14.9 Å².